The lowest BCUT2D eigenvalue weighted by molar-refractivity contribution is -0.0127. The van der Waals surface area contributed by atoms with E-state index >= 15 is 0 Å². The van der Waals surface area contributed by atoms with Crippen molar-refractivity contribution in [2.24, 2.45) is 17.6 Å². The molecule has 3 unspecified atom stereocenters. The van der Waals surface area contributed by atoms with Crippen LogP contribution in [0.15, 0.2) is 0 Å². The standard InChI is InChI=1S/C12H25NO/c1-4-10-5-6-11(13)12(7-10)14-8-9(2)3/h9-12H,4-8,13H2,1-3H3. The summed E-state index contributed by atoms with van der Waals surface area (Å²) >= 11 is 0. The molecule has 2 N–H and O–H groups in total. The lowest BCUT2D eigenvalue weighted by Crippen LogP contribution is -2.42. The molecular weight excluding hydrogens is 174 g/mol. The lowest BCUT2D eigenvalue weighted by Gasteiger charge is -2.34. The highest BCUT2D eigenvalue weighted by Crippen LogP contribution is 2.28. The first kappa shape index (κ1) is 12.0. The van der Waals surface area contributed by atoms with Gasteiger partial charge in [-0.2, -0.15) is 0 Å². The third kappa shape index (κ3) is 3.58. The lowest BCUT2D eigenvalue weighted by atomic mass is 9.83. The number of ether oxygens (including phenoxy) is 1. The molecule has 0 aromatic rings. The molecule has 1 rings (SSSR count). The van der Waals surface area contributed by atoms with Gasteiger partial charge >= 0.3 is 0 Å². The van der Waals surface area contributed by atoms with Crippen LogP contribution in [0.5, 0.6) is 0 Å². The third-order valence-corrected chi connectivity index (χ3v) is 3.17. The first-order valence-electron chi connectivity index (χ1n) is 6.00. The van der Waals surface area contributed by atoms with Gasteiger partial charge in [-0.3, -0.25) is 0 Å². The second kappa shape index (κ2) is 5.72. The monoisotopic (exact) mass is 199 g/mol. The molecule has 3 atom stereocenters. The van der Waals surface area contributed by atoms with Gasteiger partial charge in [0, 0.05) is 12.6 Å². The van der Waals surface area contributed by atoms with E-state index in [1.54, 1.807) is 0 Å². The van der Waals surface area contributed by atoms with Gasteiger partial charge in [0.15, 0.2) is 0 Å². The Morgan fingerprint density at radius 2 is 2.07 bits per heavy atom. The molecule has 0 heterocycles. The van der Waals surface area contributed by atoms with E-state index < -0.39 is 0 Å². The molecule has 1 aliphatic rings. The Morgan fingerprint density at radius 3 is 2.64 bits per heavy atom. The molecule has 1 fully saturated rings. The summed E-state index contributed by atoms with van der Waals surface area (Å²) in [6, 6.07) is 0.275. The summed E-state index contributed by atoms with van der Waals surface area (Å²) in [6.45, 7) is 7.49. The minimum Gasteiger partial charge on any atom is -0.376 e. The normalized spacial score (nSPS) is 33.6. The van der Waals surface area contributed by atoms with Crippen molar-refractivity contribution in [3.8, 4) is 0 Å². The van der Waals surface area contributed by atoms with Crippen LogP contribution in [0.25, 0.3) is 0 Å². The van der Waals surface area contributed by atoms with Crippen molar-refractivity contribution in [3.05, 3.63) is 0 Å². The summed E-state index contributed by atoms with van der Waals surface area (Å²) < 4.78 is 5.86. The van der Waals surface area contributed by atoms with Crippen LogP contribution in [0, 0.1) is 11.8 Å². The maximum Gasteiger partial charge on any atom is 0.0728 e. The third-order valence-electron chi connectivity index (χ3n) is 3.17. The van der Waals surface area contributed by atoms with E-state index in [-0.39, 0.29) is 6.04 Å². The number of hydrogen-bond acceptors (Lipinski definition) is 2. The van der Waals surface area contributed by atoms with E-state index in [0.29, 0.717) is 12.0 Å². The minimum absolute atomic E-state index is 0.275. The van der Waals surface area contributed by atoms with E-state index in [4.69, 9.17) is 10.5 Å². The zero-order valence-electron chi connectivity index (χ0n) is 9.83. The highest BCUT2D eigenvalue weighted by atomic mass is 16.5. The second-order valence-electron chi connectivity index (χ2n) is 5.02. The van der Waals surface area contributed by atoms with Gasteiger partial charge in [-0.1, -0.05) is 27.2 Å². The van der Waals surface area contributed by atoms with Crippen molar-refractivity contribution in [1.29, 1.82) is 0 Å². The molecule has 2 heteroatoms. The average Bonchev–Trinajstić information content (AvgIpc) is 2.16. The van der Waals surface area contributed by atoms with E-state index in [1.165, 1.54) is 19.3 Å². The predicted octanol–water partition coefficient (Wildman–Crippen LogP) is 2.57. The fourth-order valence-electron chi connectivity index (χ4n) is 2.11. The Balaban J connectivity index is 2.32. The summed E-state index contributed by atoms with van der Waals surface area (Å²) in [5, 5.41) is 0. The first-order valence-corrected chi connectivity index (χ1v) is 6.00. The Morgan fingerprint density at radius 1 is 1.36 bits per heavy atom. The fraction of sp³-hybridized carbons (Fsp3) is 1.00. The fourth-order valence-corrected chi connectivity index (χ4v) is 2.11. The highest BCUT2D eigenvalue weighted by Gasteiger charge is 2.27. The van der Waals surface area contributed by atoms with Gasteiger partial charge in [0.1, 0.15) is 0 Å². The van der Waals surface area contributed by atoms with Gasteiger partial charge in [-0.15, -0.1) is 0 Å². The zero-order valence-corrected chi connectivity index (χ0v) is 9.83. The maximum absolute atomic E-state index is 6.06. The van der Waals surface area contributed by atoms with Crippen LogP contribution in [0.4, 0.5) is 0 Å². The van der Waals surface area contributed by atoms with Crippen molar-refractivity contribution < 1.29 is 4.74 Å². The van der Waals surface area contributed by atoms with Gasteiger partial charge < -0.3 is 10.5 Å². The molecule has 0 radical (unpaired) electrons. The summed E-state index contributed by atoms with van der Waals surface area (Å²) in [7, 11) is 0. The molecule has 1 saturated carbocycles. The van der Waals surface area contributed by atoms with Crippen molar-refractivity contribution >= 4 is 0 Å². The van der Waals surface area contributed by atoms with Crippen molar-refractivity contribution in [2.75, 3.05) is 6.61 Å². The molecule has 0 saturated heterocycles. The average molecular weight is 199 g/mol. The summed E-state index contributed by atoms with van der Waals surface area (Å²) in [6.07, 6.45) is 5.19. The topological polar surface area (TPSA) is 35.2 Å². The van der Waals surface area contributed by atoms with Gasteiger partial charge in [-0.05, 0) is 31.1 Å². The van der Waals surface area contributed by atoms with Gasteiger partial charge in [-0.25, -0.2) is 0 Å². The van der Waals surface area contributed by atoms with Gasteiger partial charge in [0.05, 0.1) is 6.10 Å². The molecule has 0 amide bonds. The number of rotatable bonds is 4. The molecular formula is C12H25NO. The Labute approximate surface area is 88.2 Å². The molecule has 14 heavy (non-hydrogen) atoms. The summed E-state index contributed by atoms with van der Waals surface area (Å²) in [5.41, 5.74) is 6.06. The molecule has 84 valence electrons. The molecule has 0 aliphatic heterocycles. The van der Waals surface area contributed by atoms with E-state index in [0.717, 1.165) is 18.9 Å². The van der Waals surface area contributed by atoms with Crippen LogP contribution in [0.1, 0.15) is 46.5 Å². The Kier molecular flexibility index (Phi) is 4.90. The van der Waals surface area contributed by atoms with Crippen LogP contribution >= 0.6 is 0 Å². The van der Waals surface area contributed by atoms with Crippen LogP contribution in [0.2, 0.25) is 0 Å². The summed E-state index contributed by atoms with van der Waals surface area (Å²) in [5.74, 6) is 1.45. The SMILES string of the molecule is CCC1CCC(N)C(OCC(C)C)C1. The molecule has 0 spiro atoms. The predicted molar refractivity (Wildman–Crippen MR) is 60.2 cm³/mol. The largest absolute Gasteiger partial charge is 0.376 e. The molecule has 0 aromatic carbocycles. The molecule has 1 aliphatic carbocycles. The van der Waals surface area contributed by atoms with Crippen LogP contribution in [-0.2, 0) is 4.74 Å². The van der Waals surface area contributed by atoms with Crippen molar-refractivity contribution in [3.63, 3.8) is 0 Å². The van der Waals surface area contributed by atoms with Crippen LogP contribution in [-0.4, -0.2) is 18.8 Å². The molecule has 0 bridgehead atoms. The molecule has 0 aromatic heterocycles. The summed E-state index contributed by atoms with van der Waals surface area (Å²) in [4.78, 5) is 0. The maximum atomic E-state index is 6.06. The number of hydrogen-bond donors (Lipinski definition) is 1. The highest BCUT2D eigenvalue weighted by molar-refractivity contribution is 4.82. The van der Waals surface area contributed by atoms with E-state index in [2.05, 4.69) is 20.8 Å². The smallest absolute Gasteiger partial charge is 0.0728 e. The van der Waals surface area contributed by atoms with E-state index in [9.17, 15) is 0 Å². The zero-order chi connectivity index (χ0) is 10.6. The molecule has 2 nitrogen and oxygen atoms in total. The van der Waals surface area contributed by atoms with Crippen LogP contribution < -0.4 is 5.73 Å². The van der Waals surface area contributed by atoms with Crippen molar-refractivity contribution in [2.45, 2.75) is 58.6 Å². The number of nitrogens with two attached hydrogens (primary N) is 1. The van der Waals surface area contributed by atoms with E-state index in [1.807, 2.05) is 0 Å². The Hall–Kier alpha value is -0.0800. The Bertz CT molecular complexity index is 158. The van der Waals surface area contributed by atoms with Gasteiger partial charge in [0.2, 0.25) is 0 Å². The quantitative estimate of drug-likeness (QED) is 0.755. The van der Waals surface area contributed by atoms with Gasteiger partial charge in [0.25, 0.3) is 0 Å². The van der Waals surface area contributed by atoms with Crippen molar-refractivity contribution in [1.82, 2.24) is 0 Å². The van der Waals surface area contributed by atoms with Crippen LogP contribution in [0.3, 0.4) is 0 Å². The minimum atomic E-state index is 0.275. The first-order chi connectivity index (χ1) is 6.63. The second-order valence-corrected chi connectivity index (χ2v) is 5.02.